The summed E-state index contributed by atoms with van der Waals surface area (Å²) in [4.78, 5) is 37.8. The van der Waals surface area contributed by atoms with Crippen LogP contribution in [0.4, 0.5) is 8.78 Å². The van der Waals surface area contributed by atoms with E-state index in [-0.39, 0.29) is 36.5 Å². The molecule has 0 radical (unpaired) electrons. The molecule has 1 saturated heterocycles. The van der Waals surface area contributed by atoms with Gasteiger partial charge < -0.3 is 24.8 Å². The number of likely N-dealkylation sites (tertiary alicyclic amines) is 1. The molecule has 10 heteroatoms. The molecule has 1 saturated carbocycles. The average molecular weight is 503 g/mol. The number of nitrogens with two attached hydrogens (primary N) is 1. The van der Waals surface area contributed by atoms with Crippen molar-refractivity contribution in [3.8, 4) is 11.5 Å². The molecule has 4 rings (SSSR count). The highest BCUT2D eigenvalue weighted by Crippen LogP contribution is 2.39. The van der Waals surface area contributed by atoms with E-state index < -0.39 is 24.5 Å². The minimum Gasteiger partial charge on any atom is -0.489 e. The van der Waals surface area contributed by atoms with Crippen molar-refractivity contribution in [2.45, 2.75) is 51.4 Å². The summed E-state index contributed by atoms with van der Waals surface area (Å²) in [6.45, 7) is -0.925. The van der Waals surface area contributed by atoms with Gasteiger partial charge in [0.1, 0.15) is 12.6 Å². The Labute approximate surface area is 207 Å². The molecular formula is C26H28F2N2O6. The van der Waals surface area contributed by atoms with Crippen LogP contribution < -0.4 is 15.2 Å². The number of primary amides is 1. The van der Waals surface area contributed by atoms with E-state index >= 15 is 0 Å². The van der Waals surface area contributed by atoms with E-state index in [1.807, 2.05) is 0 Å². The van der Waals surface area contributed by atoms with Crippen molar-refractivity contribution in [1.82, 2.24) is 4.90 Å². The summed E-state index contributed by atoms with van der Waals surface area (Å²) in [6, 6.07) is 10.3. The molecule has 8 nitrogen and oxygen atoms in total. The first-order valence-corrected chi connectivity index (χ1v) is 11.8. The van der Waals surface area contributed by atoms with Gasteiger partial charge in [0, 0.05) is 24.9 Å². The fraction of sp³-hybridized carbons (Fsp3) is 0.423. The van der Waals surface area contributed by atoms with Crippen LogP contribution in [-0.2, 0) is 20.9 Å². The number of rotatable bonds is 10. The normalized spacial score (nSPS) is 19.3. The molecule has 2 N–H and O–H groups in total. The Morgan fingerprint density at radius 2 is 1.81 bits per heavy atom. The van der Waals surface area contributed by atoms with Gasteiger partial charge in [0.25, 0.3) is 0 Å². The monoisotopic (exact) mass is 502 g/mol. The van der Waals surface area contributed by atoms with Crippen LogP contribution in [0.5, 0.6) is 11.5 Å². The van der Waals surface area contributed by atoms with E-state index in [4.69, 9.17) is 15.2 Å². The van der Waals surface area contributed by atoms with Crippen LogP contribution in [0.3, 0.4) is 0 Å². The molecule has 2 atom stereocenters. The Morgan fingerprint density at radius 1 is 1.08 bits per heavy atom. The van der Waals surface area contributed by atoms with Gasteiger partial charge in [-0.05, 0) is 60.6 Å². The van der Waals surface area contributed by atoms with Crippen molar-refractivity contribution in [2.75, 3.05) is 13.2 Å². The van der Waals surface area contributed by atoms with E-state index in [9.17, 15) is 23.2 Å². The SMILES string of the molecule is CC(=O)N1CC(c2ccc(OC(F)F)c(OCC3CC3)c2)C[C@@H]1C(=O)OCc1ccc(C(N)=O)cc1. The minimum atomic E-state index is -2.98. The summed E-state index contributed by atoms with van der Waals surface area (Å²) in [5.74, 6) is -0.997. The minimum absolute atomic E-state index is 0.0242. The quantitative estimate of drug-likeness (QED) is 0.497. The molecule has 2 amide bonds. The molecule has 1 unspecified atom stereocenters. The van der Waals surface area contributed by atoms with Crippen LogP contribution >= 0.6 is 0 Å². The van der Waals surface area contributed by atoms with E-state index in [1.165, 1.54) is 17.9 Å². The molecule has 1 heterocycles. The van der Waals surface area contributed by atoms with Gasteiger partial charge in [-0.3, -0.25) is 9.59 Å². The first-order valence-electron chi connectivity index (χ1n) is 11.8. The number of nitrogens with zero attached hydrogens (tertiary/aromatic N) is 1. The van der Waals surface area contributed by atoms with Gasteiger partial charge in [0.15, 0.2) is 11.5 Å². The zero-order chi connectivity index (χ0) is 25.8. The number of alkyl halides is 2. The summed E-state index contributed by atoms with van der Waals surface area (Å²) in [5, 5.41) is 0. The second-order valence-electron chi connectivity index (χ2n) is 9.13. The van der Waals surface area contributed by atoms with Gasteiger partial charge in [0.05, 0.1) is 6.61 Å². The van der Waals surface area contributed by atoms with Gasteiger partial charge in [-0.15, -0.1) is 0 Å². The Hall–Kier alpha value is -3.69. The first kappa shape index (κ1) is 25.4. The number of hydrogen-bond acceptors (Lipinski definition) is 6. The third-order valence-electron chi connectivity index (χ3n) is 6.42. The van der Waals surface area contributed by atoms with Crippen molar-refractivity contribution in [2.24, 2.45) is 11.7 Å². The van der Waals surface area contributed by atoms with E-state index in [2.05, 4.69) is 4.74 Å². The molecule has 2 aromatic rings. The summed E-state index contributed by atoms with van der Waals surface area (Å²) in [7, 11) is 0. The molecule has 2 fully saturated rings. The van der Waals surface area contributed by atoms with Crippen molar-refractivity contribution >= 4 is 17.8 Å². The van der Waals surface area contributed by atoms with Crippen molar-refractivity contribution < 1.29 is 37.4 Å². The van der Waals surface area contributed by atoms with Gasteiger partial charge in [0.2, 0.25) is 11.8 Å². The third-order valence-corrected chi connectivity index (χ3v) is 6.42. The van der Waals surface area contributed by atoms with E-state index in [0.717, 1.165) is 18.4 Å². The van der Waals surface area contributed by atoms with Crippen molar-refractivity contribution in [1.29, 1.82) is 0 Å². The molecule has 2 aliphatic rings. The summed E-state index contributed by atoms with van der Waals surface area (Å²) in [6.07, 6.45) is 2.40. The van der Waals surface area contributed by atoms with Crippen LogP contribution in [0.2, 0.25) is 0 Å². The lowest BCUT2D eigenvalue weighted by Crippen LogP contribution is -2.40. The zero-order valence-electron chi connectivity index (χ0n) is 19.8. The number of benzene rings is 2. The Morgan fingerprint density at radius 3 is 2.42 bits per heavy atom. The van der Waals surface area contributed by atoms with Crippen LogP contribution in [0, 0.1) is 5.92 Å². The highest BCUT2D eigenvalue weighted by atomic mass is 19.3. The lowest BCUT2D eigenvalue weighted by atomic mass is 9.96. The van der Waals surface area contributed by atoms with Crippen molar-refractivity contribution in [3.05, 3.63) is 59.2 Å². The first-order chi connectivity index (χ1) is 17.2. The number of carbonyl (C=O) groups excluding carboxylic acids is 3. The maximum atomic E-state index is 12.9. The van der Waals surface area contributed by atoms with Crippen molar-refractivity contribution in [3.63, 3.8) is 0 Å². The molecule has 2 aromatic carbocycles. The fourth-order valence-electron chi connectivity index (χ4n) is 4.24. The van der Waals surface area contributed by atoms with Gasteiger partial charge in [-0.1, -0.05) is 18.2 Å². The summed E-state index contributed by atoms with van der Waals surface area (Å²) < 4.78 is 41.5. The Balaban J connectivity index is 1.45. The second kappa shape index (κ2) is 10.9. The number of ether oxygens (including phenoxy) is 3. The third kappa shape index (κ3) is 6.30. The van der Waals surface area contributed by atoms with E-state index in [1.54, 1.807) is 36.4 Å². The van der Waals surface area contributed by atoms with Gasteiger partial charge in [-0.25, -0.2) is 4.79 Å². The van der Waals surface area contributed by atoms with Gasteiger partial charge in [-0.2, -0.15) is 8.78 Å². The molecule has 1 aliphatic carbocycles. The molecule has 0 spiro atoms. The highest BCUT2D eigenvalue weighted by molar-refractivity contribution is 5.92. The number of halogens is 2. The average Bonchev–Trinajstić information content (AvgIpc) is 3.56. The fourth-order valence-corrected chi connectivity index (χ4v) is 4.24. The van der Waals surface area contributed by atoms with Gasteiger partial charge >= 0.3 is 12.6 Å². The maximum Gasteiger partial charge on any atom is 0.387 e. The highest BCUT2D eigenvalue weighted by Gasteiger charge is 2.40. The zero-order valence-corrected chi connectivity index (χ0v) is 19.8. The molecule has 192 valence electrons. The predicted octanol–water partition coefficient (Wildman–Crippen LogP) is 3.62. The van der Waals surface area contributed by atoms with Crippen LogP contribution in [-0.4, -0.2) is 48.5 Å². The van der Waals surface area contributed by atoms with E-state index in [0.29, 0.717) is 30.1 Å². The Bertz CT molecular complexity index is 1120. The number of esters is 1. The van der Waals surface area contributed by atoms with Crippen LogP contribution in [0.25, 0.3) is 0 Å². The standard InChI is InChI=1S/C26H28F2N2O6/c1-15(31)30-12-20(10-21(30)25(33)35-14-17-4-6-18(7-5-17)24(29)32)19-8-9-22(36-26(27)28)23(11-19)34-13-16-2-3-16/h4-9,11,16,20-21,26H,2-3,10,12-14H2,1H3,(H2,29,32)/t20?,21-/m1/s1. The second-order valence-corrected chi connectivity index (χ2v) is 9.13. The predicted molar refractivity (Wildman–Crippen MR) is 125 cm³/mol. The number of hydrogen-bond donors (Lipinski definition) is 1. The summed E-state index contributed by atoms with van der Waals surface area (Å²) >= 11 is 0. The van der Waals surface area contributed by atoms with Crippen LogP contribution in [0.15, 0.2) is 42.5 Å². The molecule has 0 bridgehead atoms. The number of amides is 2. The molecule has 1 aliphatic heterocycles. The molecule has 0 aromatic heterocycles. The lowest BCUT2D eigenvalue weighted by Gasteiger charge is -2.21. The number of carbonyl (C=O) groups is 3. The Kier molecular flexibility index (Phi) is 7.71. The maximum absolute atomic E-state index is 12.9. The molecule has 36 heavy (non-hydrogen) atoms. The molecular weight excluding hydrogens is 474 g/mol. The lowest BCUT2D eigenvalue weighted by molar-refractivity contribution is -0.154. The largest absolute Gasteiger partial charge is 0.489 e. The smallest absolute Gasteiger partial charge is 0.387 e. The topological polar surface area (TPSA) is 108 Å². The summed E-state index contributed by atoms with van der Waals surface area (Å²) in [5.41, 5.74) is 7.01. The van der Waals surface area contributed by atoms with Crippen LogP contribution in [0.1, 0.15) is 53.6 Å².